The van der Waals surface area contributed by atoms with E-state index in [4.69, 9.17) is 5.73 Å². The first kappa shape index (κ1) is 18.3. The van der Waals surface area contributed by atoms with Gasteiger partial charge in [-0.15, -0.1) is 0 Å². The third-order valence-electron chi connectivity index (χ3n) is 4.28. The van der Waals surface area contributed by atoms with E-state index in [1.165, 1.54) is 12.8 Å². The number of carbonyl (C=O) groups excluding carboxylic acids is 2. The average molecular weight is 332 g/mol. The van der Waals surface area contributed by atoms with Crippen LogP contribution in [0.5, 0.6) is 0 Å². The third kappa shape index (κ3) is 5.23. The van der Waals surface area contributed by atoms with Gasteiger partial charge in [-0.05, 0) is 38.0 Å². The Hall–Kier alpha value is -2.08. The highest BCUT2D eigenvalue weighted by molar-refractivity contribution is 5.92. The van der Waals surface area contributed by atoms with E-state index in [0.29, 0.717) is 6.54 Å². The maximum absolute atomic E-state index is 12.2. The fourth-order valence-electron chi connectivity index (χ4n) is 2.79. The Morgan fingerprint density at radius 1 is 1.25 bits per heavy atom. The van der Waals surface area contributed by atoms with Gasteiger partial charge in [0, 0.05) is 49.4 Å². The van der Waals surface area contributed by atoms with Crippen molar-refractivity contribution in [1.82, 2.24) is 5.32 Å². The summed E-state index contributed by atoms with van der Waals surface area (Å²) in [4.78, 5) is 26.3. The molecule has 1 saturated heterocycles. The van der Waals surface area contributed by atoms with Crippen LogP contribution in [0.25, 0.3) is 0 Å². The molecule has 0 aromatic heterocycles. The zero-order chi connectivity index (χ0) is 17.5. The molecule has 6 nitrogen and oxygen atoms in total. The lowest BCUT2D eigenvalue weighted by Gasteiger charge is -2.19. The molecular formula is C18H28N4O2. The average Bonchev–Trinajstić information content (AvgIpc) is 3.08. The predicted octanol–water partition coefficient (Wildman–Crippen LogP) is 1.71. The van der Waals surface area contributed by atoms with Gasteiger partial charge in [0.05, 0.1) is 0 Å². The first-order valence-corrected chi connectivity index (χ1v) is 8.65. The molecule has 1 aliphatic rings. The van der Waals surface area contributed by atoms with Crippen LogP contribution in [-0.4, -0.2) is 37.5 Å². The van der Waals surface area contributed by atoms with E-state index in [-0.39, 0.29) is 30.2 Å². The van der Waals surface area contributed by atoms with Crippen LogP contribution < -0.4 is 21.3 Å². The van der Waals surface area contributed by atoms with Crippen molar-refractivity contribution in [1.29, 1.82) is 0 Å². The van der Waals surface area contributed by atoms with Gasteiger partial charge in [0.1, 0.15) is 0 Å². The summed E-state index contributed by atoms with van der Waals surface area (Å²) in [5.41, 5.74) is 7.41. The molecule has 0 bridgehead atoms. The molecule has 132 valence electrons. The van der Waals surface area contributed by atoms with Crippen molar-refractivity contribution in [3.8, 4) is 0 Å². The molecule has 2 amide bonds. The second-order valence-corrected chi connectivity index (χ2v) is 6.54. The van der Waals surface area contributed by atoms with Gasteiger partial charge in [-0.2, -0.15) is 0 Å². The van der Waals surface area contributed by atoms with Gasteiger partial charge < -0.3 is 21.3 Å². The Bertz CT molecular complexity index is 570. The summed E-state index contributed by atoms with van der Waals surface area (Å²) < 4.78 is 0. The summed E-state index contributed by atoms with van der Waals surface area (Å²) in [6.07, 6.45) is 2.67. The Morgan fingerprint density at radius 2 is 1.96 bits per heavy atom. The van der Waals surface area contributed by atoms with E-state index in [1.54, 1.807) is 6.92 Å². The van der Waals surface area contributed by atoms with Crippen LogP contribution in [0.4, 0.5) is 11.4 Å². The van der Waals surface area contributed by atoms with Crippen molar-refractivity contribution in [2.24, 2.45) is 11.7 Å². The van der Waals surface area contributed by atoms with E-state index >= 15 is 0 Å². The molecule has 0 aliphatic carbocycles. The summed E-state index contributed by atoms with van der Waals surface area (Å²) in [5.74, 6) is -0.469. The molecule has 1 heterocycles. The van der Waals surface area contributed by atoms with Crippen molar-refractivity contribution >= 4 is 23.2 Å². The zero-order valence-electron chi connectivity index (χ0n) is 14.5. The SMILES string of the molecule is CC(CC(=O)Nc1cccc(N2CCCC2)c1)NC(=O)C(C)CN. The number of anilines is 2. The normalized spacial score (nSPS) is 16.5. The maximum Gasteiger partial charge on any atom is 0.226 e. The Labute approximate surface area is 143 Å². The van der Waals surface area contributed by atoms with Crippen LogP contribution >= 0.6 is 0 Å². The van der Waals surface area contributed by atoms with Gasteiger partial charge in [0.25, 0.3) is 0 Å². The van der Waals surface area contributed by atoms with Gasteiger partial charge in [0.2, 0.25) is 11.8 Å². The number of nitrogens with one attached hydrogen (secondary N) is 2. The highest BCUT2D eigenvalue weighted by Crippen LogP contribution is 2.23. The summed E-state index contributed by atoms with van der Waals surface area (Å²) in [6, 6.07) is 7.68. The fourth-order valence-corrected chi connectivity index (χ4v) is 2.79. The number of hydrogen-bond acceptors (Lipinski definition) is 4. The number of amides is 2. The van der Waals surface area contributed by atoms with Gasteiger partial charge in [0.15, 0.2) is 0 Å². The number of rotatable bonds is 7. The molecule has 1 aliphatic heterocycles. The smallest absolute Gasteiger partial charge is 0.226 e. The van der Waals surface area contributed by atoms with Crippen molar-refractivity contribution < 1.29 is 9.59 Å². The second kappa shape index (κ2) is 8.68. The Balaban J connectivity index is 1.85. The van der Waals surface area contributed by atoms with Crippen LogP contribution in [0, 0.1) is 5.92 Å². The molecular weight excluding hydrogens is 304 g/mol. The van der Waals surface area contributed by atoms with Crippen molar-refractivity contribution in [2.75, 3.05) is 29.9 Å². The first-order chi connectivity index (χ1) is 11.5. The van der Waals surface area contributed by atoms with E-state index in [2.05, 4.69) is 21.6 Å². The van der Waals surface area contributed by atoms with Crippen molar-refractivity contribution in [3.63, 3.8) is 0 Å². The number of nitrogens with zero attached hydrogens (tertiary/aromatic N) is 1. The quantitative estimate of drug-likeness (QED) is 0.709. The monoisotopic (exact) mass is 332 g/mol. The van der Waals surface area contributed by atoms with Crippen LogP contribution in [0.15, 0.2) is 24.3 Å². The molecule has 2 unspecified atom stereocenters. The highest BCUT2D eigenvalue weighted by atomic mass is 16.2. The first-order valence-electron chi connectivity index (χ1n) is 8.65. The predicted molar refractivity (Wildman–Crippen MR) is 97.0 cm³/mol. The topological polar surface area (TPSA) is 87.5 Å². The van der Waals surface area contributed by atoms with E-state index in [0.717, 1.165) is 24.5 Å². The number of nitrogens with two attached hydrogens (primary N) is 1. The molecule has 1 fully saturated rings. The van der Waals surface area contributed by atoms with Crippen LogP contribution in [0.2, 0.25) is 0 Å². The minimum atomic E-state index is -0.243. The van der Waals surface area contributed by atoms with Crippen molar-refractivity contribution in [2.45, 2.75) is 39.2 Å². The molecule has 0 spiro atoms. The summed E-state index contributed by atoms with van der Waals surface area (Å²) >= 11 is 0. The molecule has 4 N–H and O–H groups in total. The second-order valence-electron chi connectivity index (χ2n) is 6.54. The fraction of sp³-hybridized carbons (Fsp3) is 0.556. The van der Waals surface area contributed by atoms with E-state index < -0.39 is 0 Å². The minimum absolute atomic E-state index is 0.109. The highest BCUT2D eigenvalue weighted by Gasteiger charge is 2.17. The lowest BCUT2D eigenvalue weighted by Crippen LogP contribution is -2.40. The Morgan fingerprint density at radius 3 is 2.62 bits per heavy atom. The zero-order valence-corrected chi connectivity index (χ0v) is 14.5. The molecule has 2 atom stereocenters. The van der Waals surface area contributed by atoms with Gasteiger partial charge in [-0.3, -0.25) is 9.59 Å². The van der Waals surface area contributed by atoms with Crippen LogP contribution in [-0.2, 0) is 9.59 Å². The van der Waals surface area contributed by atoms with Crippen molar-refractivity contribution in [3.05, 3.63) is 24.3 Å². The van der Waals surface area contributed by atoms with Gasteiger partial charge in [-0.25, -0.2) is 0 Å². The molecule has 1 aromatic carbocycles. The minimum Gasteiger partial charge on any atom is -0.371 e. The maximum atomic E-state index is 12.2. The number of hydrogen-bond donors (Lipinski definition) is 3. The molecule has 0 saturated carbocycles. The largest absolute Gasteiger partial charge is 0.371 e. The molecule has 0 radical (unpaired) electrons. The molecule has 6 heteroatoms. The van der Waals surface area contributed by atoms with E-state index in [9.17, 15) is 9.59 Å². The lowest BCUT2D eigenvalue weighted by molar-refractivity contribution is -0.125. The molecule has 24 heavy (non-hydrogen) atoms. The van der Waals surface area contributed by atoms with Gasteiger partial charge >= 0.3 is 0 Å². The summed E-state index contributed by atoms with van der Waals surface area (Å²) in [6.45, 7) is 6.03. The summed E-state index contributed by atoms with van der Waals surface area (Å²) in [5, 5.41) is 5.73. The summed E-state index contributed by atoms with van der Waals surface area (Å²) in [7, 11) is 0. The lowest BCUT2D eigenvalue weighted by atomic mass is 10.1. The molecule has 1 aromatic rings. The molecule has 2 rings (SSSR count). The number of benzene rings is 1. The van der Waals surface area contributed by atoms with E-state index in [1.807, 2.05) is 25.1 Å². The number of carbonyl (C=O) groups is 2. The van der Waals surface area contributed by atoms with Crippen LogP contribution in [0.1, 0.15) is 33.1 Å². The standard InChI is InChI=1S/C18H28N4O2/c1-13(12-19)18(24)20-14(2)10-17(23)21-15-6-5-7-16(11-15)22-8-3-4-9-22/h5-7,11,13-14H,3-4,8-10,12,19H2,1-2H3,(H,20,24)(H,21,23). The third-order valence-corrected chi connectivity index (χ3v) is 4.28. The van der Waals surface area contributed by atoms with Crippen LogP contribution in [0.3, 0.4) is 0 Å². The van der Waals surface area contributed by atoms with Gasteiger partial charge in [-0.1, -0.05) is 13.0 Å². The Kier molecular flexibility index (Phi) is 6.61.